The molecule has 0 fully saturated rings. The summed E-state index contributed by atoms with van der Waals surface area (Å²) in [5, 5.41) is 14.7. The number of aliphatic hydroxyl groups excluding tert-OH is 1. The van der Waals surface area contributed by atoms with E-state index in [1.807, 2.05) is 0 Å². The van der Waals surface area contributed by atoms with Crippen molar-refractivity contribution in [1.29, 1.82) is 0 Å². The van der Waals surface area contributed by atoms with E-state index in [1.165, 1.54) is 26.2 Å². The lowest BCUT2D eigenvalue weighted by Crippen LogP contribution is -2.31. The number of aliphatic hydroxyl groups is 1. The number of carbonyl (C=O) groups is 3. The fraction of sp³-hybridized carbons (Fsp3) is 0.389. The molecule has 0 saturated heterocycles. The highest BCUT2D eigenvalue weighted by Gasteiger charge is 2.34. The minimum absolute atomic E-state index is 0.00371. The molecule has 0 aromatic heterocycles. The fourth-order valence-electron chi connectivity index (χ4n) is 2.66. The van der Waals surface area contributed by atoms with Crippen molar-refractivity contribution in [2.75, 3.05) is 58.3 Å². The van der Waals surface area contributed by atoms with Crippen LogP contribution in [-0.4, -0.2) is 75.4 Å². The van der Waals surface area contributed by atoms with E-state index in [0.29, 0.717) is 17.1 Å². The number of hydrogen-bond donors (Lipinski definition) is 3. The zero-order valence-corrected chi connectivity index (χ0v) is 15.9. The number of nitrogens with one attached hydrogen (secondary N) is 2. The number of amides is 2. The summed E-state index contributed by atoms with van der Waals surface area (Å²) in [7, 11) is 4.09. The maximum Gasteiger partial charge on any atom is 0.337 e. The Morgan fingerprint density at radius 3 is 2.57 bits per heavy atom. The second kappa shape index (κ2) is 9.72. The van der Waals surface area contributed by atoms with E-state index in [0.717, 1.165) is 0 Å². The van der Waals surface area contributed by atoms with Crippen molar-refractivity contribution in [1.82, 2.24) is 4.90 Å². The van der Waals surface area contributed by atoms with Gasteiger partial charge in [-0.25, -0.2) is 4.79 Å². The van der Waals surface area contributed by atoms with Crippen molar-refractivity contribution in [3.05, 3.63) is 29.5 Å². The van der Waals surface area contributed by atoms with Gasteiger partial charge in [0.2, 0.25) is 5.91 Å². The van der Waals surface area contributed by atoms with Crippen molar-refractivity contribution in [3.63, 3.8) is 0 Å². The first-order valence-corrected chi connectivity index (χ1v) is 8.40. The van der Waals surface area contributed by atoms with Gasteiger partial charge in [0.15, 0.2) is 0 Å². The van der Waals surface area contributed by atoms with Crippen LogP contribution in [0.15, 0.2) is 29.5 Å². The molecule has 0 radical (unpaired) electrons. The van der Waals surface area contributed by atoms with Crippen molar-refractivity contribution >= 4 is 29.2 Å². The fourth-order valence-corrected chi connectivity index (χ4v) is 2.66. The predicted molar refractivity (Wildman–Crippen MR) is 99.8 cm³/mol. The molecule has 0 bridgehead atoms. The van der Waals surface area contributed by atoms with E-state index >= 15 is 0 Å². The number of benzene rings is 1. The van der Waals surface area contributed by atoms with Crippen molar-refractivity contribution < 1.29 is 33.7 Å². The van der Waals surface area contributed by atoms with Gasteiger partial charge in [0.1, 0.15) is 18.1 Å². The summed E-state index contributed by atoms with van der Waals surface area (Å²) in [6.07, 6.45) is 0. The highest BCUT2D eigenvalue weighted by atomic mass is 16.5. The van der Waals surface area contributed by atoms with Gasteiger partial charge >= 0.3 is 5.97 Å². The quantitative estimate of drug-likeness (QED) is 0.499. The Morgan fingerprint density at radius 2 is 1.96 bits per heavy atom. The van der Waals surface area contributed by atoms with Gasteiger partial charge in [0, 0.05) is 19.7 Å². The van der Waals surface area contributed by atoms with Crippen molar-refractivity contribution in [2.45, 2.75) is 0 Å². The van der Waals surface area contributed by atoms with Gasteiger partial charge in [-0.3, -0.25) is 9.59 Å². The number of anilines is 2. The van der Waals surface area contributed by atoms with Crippen LogP contribution < -0.4 is 15.4 Å². The largest absolute Gasteiger partial charge is 0.497 e. The summed E-state index contributed by atoms with van der Waals surface area (Å²) in [4.78, 5) is 38.0. The molecule has 10 nitrogen and oxygen atoms in total. The highest BCUT2D eigenvalue weighted by molar-refractivity contribution is 6.09. The molecule has 1 aromatic carbocycles. The van der Waals surface area contributed by atoms with Gasteiger partial charge in [-0.05, 0) is 12.1 Å². The van der Waals surface area contributed by atoms with Crippen LogP contribution in [0.2, 0.25) is 0 Å². The second-order valence-electron chi connectivity index (χ2n) is 5.81. The van der Waals surface area contributed by atoms with Crippen LogP contribution in [0.25, 0.3) is 0 Å². The SMILES string of the molecule is COCC(=O)Nc1ccc(OC)cc1NC1=C(C(=O)OC)CN(CCO)C1=O. The number of carbonyl (C=O) groups excluding carboxylic acids is 3. The van der Waals surface area contributed by atoms with Gasteiger partial charge in [0.25, 0.3) is 5.91 Å². The Hall–Kier alpha value is -3.11. The number of esters is 1. The summed E-state index contributed by atoms with van der Waals surface area (Å²) in [5.74, 6) is -1.04. The zero-order valence-electron chi connectivity index (χ0n) is 15.9. The monoisotopic (exact) mass is 393 g/mol. The molecule has 0 unspecified atom stereocenters. The summed E-state index contributed by atoms with van der Waals surface area (Å²) in [6.45, 7) is -0.320. The lowest BCUT2D eigenvalue weighted by Gasteiger charge is -2.17. The maximum absolute atomic E-state index is 12.7. The molecule has 1 aromatic rings. The van der Waals surface area contributed by atoms with Crippen LogP contribution in [-0.2, 0) is 23.9 Å². The topological polar surface area (TPSA) is 126 Å². The highest BCUT2D eigenvalue weighted by Crippen LogP contribution is 2.31. The molecule has 10 heteroatoms. The Kier molecular flexibility index (Phi) is 7.36. The summed E-state index contributed by atoms with van der Waals surface area (Å²) >= 11 is 0. The number of β-amino-alcohol motifs (C(OH)–C–C–N with tert-alkyl or cyclic N) is 1. The van der Waals surface area contributed by atoms with Crippen LogP contribution in [0.5, 0.6) is 5.75 Å². The van der Waals surface area contributed by atoms with E-state index in [2.05, 4.69) is 10.6 Å². The molecule has 2 rings (SSSR count). The summed E-state index contributed by atoms with van der Waals surface area (Å²) in [6, 6.07) is 4.81. The molecule has 0 saturated carbocycles. The number of hydrogen-bond acceptors (Lipinski definition) is 8. The normalized spacial score (nSPS) is 13.6. The Labute approximate surface area is 162 Å². The average Bonchev–Trinajstić information content (AvgIpc) is 2.99. The first-order chi connectivity index (χ1) is 13.4. The van der Waals surface area contributed by atoms with E-state index in [4.69, 9.17) is 19.3 Å². The van der Waals surface area contributed by atoms with E-state index in [-0.39, 0.29) is 37.6 Å². The predicted octanol–water partition coefficient (Wildman–Crippen LogP) is -0.0464. The van der Waals surface area contributed by atoms with Gasteiger partial charge in [-0.2, -0.15) is 0 Å². The minimum Gasteiger partial charge on any atom is -0.497 e. The molecular formula is C18H23N3O7. The Bertz CT molecular complexity index is 791. The third-order valence-electron chi connectivity index (χ3n) is 3.99. The number of ether oxygens (including phenoxy) is 3. The second-order valence-corrected chi connectivity index (χ2v) is 5.81. The van der Waals surface area contributed by atoms with Crippen LogP contribution in [0.4, 0.5) is 11.4 Å². The molecule has 0 aliphatic carbocycles. The van der Waals surface area contributed by atoms with E-state index in [1.54, 1.807) is 18.2 Å². The minimum atomic E-state index is -0.663. The van der Waals surface area contributed by atoms with Crippen molar-refractivity contribution in [2.24, 2.45) is 0 Å². The Morgan fingerprint density at radius 1 is 1.21 bits per heavy atom. The molecule has 1 aliphatic heterocycles. The van der Waals surface area contributed by atoms with Crippen LogP contribution in [0.1, 0.15) is 0 Å². The van der Waals surface area contributed by atoms with Gasteiger partial charge in [-0.1, -0.05) is 0 Å². The number of methoxy groups -OCH3 is 3. The van der Waals surface area contributed by atoms with Crippen LogP contribution in [0, 0.1) is 0 Å². The third-order valence-corrected chi connectivity index (χ3v) is 3.99. The number of rotatable bonds is 9. The standard InChI is InChI=1S/C18H23N3O7/c1-26-10-15(23)19-13-5-4-11(27-2)8-14(13)20-16-12(18(25)28-3)9-21(6-7-22)17(16)24/h4-5,8,20,22H,6-7,9-10H2,1-3H3,(H,19,23). The third kappa shape index (κ3) is 4.78. The average molecular weight is 393 g/mol. The van der Waals surface area contributed by atoms with Gasteiger partial charge in [0.05, 0.1) is 44.3 Å². The van der Waals surface area contributed by atoms with Gasteiger partial charge < -0.3 is 34.9 Å². The molecule has 1 aliphatic rings. The molecule has 2 amide bonds. The Balaban J connectivity index is 2.40. The first-order valence-electron chi connectivity index (χ1n) is 8.40. The molecular weight excluding hydrogens is 370 g/mol. The van der Waals surface area contributed by atoms with Crippen LogP contribution >= 0.6 is 0 Å². The molecule has 3 N–H and O–H groups in total. The molecule has 28 heavy (non-hydrogen) atoms. The zero-order chi connectivity index (χ0) is 20.7. The summed E-state index contributed by atoms with van der Waals surface area (Å²) in [5.41, 5.74) is 0.848. The van der Waals surface area contributed by atoms with Gasteiger partial charge in [-0.15, -0.1) is 0 Å². The molecule has 152 valence electrons. The smallest absolute Gasteiger partial charge is 0.337 e. The number of nitrogens with zero attached hydrogens (tertiary/aromatic N) is 1. The van der Waals surface area contributed by atoms with Crippen molar-refractivity contribution in [3.8, 4) is 5.75 Å². The van der Waals surface area contributed by atoms with Crippen LogP contribution in [0.3, 0.4) is 0 Å². The van der Waals surface area contributed by atoms with E-state index < -0.39 is 17.8 Å². The van der Waals surface area contributed by atoms with E-state index in [9.17, 15) is 14.4 Å². The molecule has 0 spiro atoms. The molecule has 0 atom stereocenters. The molecule has 1 heterocycles. The lowest BCUT2D eigenvalue weighted by atomic mass is 10.2. The lowest BCUT2D eigenvalue weighted by molar-refractivity contribution is -0.136. The first kappa shape index (κ1) is 21.2. The maximum atomic E-state index is 12.7. The summed E-state index contributed by atoms with van der Waals surface area (Å²) < 4.78 is 14.8.